The highest BCUT2D eigenvalue weighted by Gasteiger charge is 2.34. The zero-order valence-corrected chi connectivity index (χ0v) is 21.0. The van der Waals surface area contributed by atoms with Crippen LogP contribution in [0.4, 0.5) is 0 Å². The Kier molecular flexibility index (Phi) is 13.5. The standard InChI is InChI=1S/C24H37NO7S/c1-16-17(21(28)23(32-3)22(31-2)20(16)27)12-10-8-6-5-7-9-11-13-19(26)25-18(24(29)30)14-15-33-4/h18H,5-15H2,1-4H3,(H,25,26)(H,29,30)/t18-/m0/s1. The van der Waals surface area contributed by atoms with Gasteiger partial charge in [-0.05, 0) is 44.6 Å². The number of carboxylic acid groups (broad SMARTS) is 1. The Labute approximate surface area is 200 Å². The normalized spacial score (nSPS) is 15.0. The number of amides is 1. The van der Waals surface area contributed by atoms with Crippen LogP contribution in [0.1, 0.15) is 71.1 Å². The van der Waals surface area contributed by atoms with Crippen LogP contribution in [0.2, 0.25) is 0 Å². The molecule has 33 heavy (non-hydrogen) atoms. The number of unbranched alkanes of at least 4 members (excludes halogenated alkanes) is 6. The minimum absolute atomic E-state index is 0.0222. The van der Waals surface area contributed by atoms with Crippen LogP contribution in [0.15, 0.2) is 22.7 Å². The predicted molar refractivity (Wildman–Crippen MR) is 128 cm³/mol. The van der Waals surface area contributed by atoms with Crippen molar-refractivity contribution in [3.8, 4) is 0 Å². The summed E-state index contributed by atoms with van der Waals surface area (Å²) in [5.74, 6) is -1.13. The molecule has 0 fully saturated rings. The Hall–Kier alpha value is -2.29. The quantitative estimate of drug-likeness (QED) is 0.237. The Morgan fingerprint density at radius 3 is 2.03 bits per heavy atom. The van der Waals surface area contributed by atoms with Gasteiger partial charge in [-0.1, -0.05) is 32.1 Å². The molecule has 0 radical (unpaired) electrons. The van der Waals surface area contributed by atoms with Gasteiger partial charge >= 0.3 is 5.97 Å². The zero-order valence-electron chi connectivity index (χ0n) is 20.2. The highest BCUT2D eigenvalue weighted by atomic mass is 32.2. The number of carboxylic acids is 1. The third kappa shape index (κ3) is 9.23. The number of hydrogen-bond acceptors (Lipinski definition) is 7. The second kappa shape index (κ2) is 15.5. The second-order valence-electron chi connectivity index (χ2n) is 8.04. The van der Waals surface area contributed by atoms with Crippen LogP contribution in [0.25, 0.3) is 0 Å². The summed E-state index contributed by atoms with van der Waals surface area (Å²) in [6, 6.07) is -0.813. The molecule has 8 nitrogen and oxygen atoms in total. The van der Waals surface area contributed by atoms with Crippen molar-refractivity contribution in [1.29, 1.82) is 0 Å². The lowest BCUT2D eigenvalue weighted by Gasteiger charge is -2.20. The van der Waals surface area contributed by atoms with Gasteiger partial charge in [0.1, 0.15) is 6.04 Å². The smallest absolute Gasteiger partial charge is 0.326 e. The molecule has 1 rings (SSSR count). The molecular weight excluding hydrogens is 446 g/mol. The first-order valence-corrected chi connectivity index (χ1v) is 12.8. The van der Waals surface area contributed by atoms with Crippen molar-refractivity contribution in [2.24, 2.45) is 0 Å². The van der Waals surface area contributed by atoms with Crippen LogP contribution in [-0.2, 0) is 28.7 Å². The van der Waals surface area contributed by atoms with E-state index in [4.69, 9.17) is 14.6 Å². The van der Waals surface area contributed by atoms with Crippen LogP contribution in [-0.4, -0.2) is 60.8 Å². The van der Waals surface area contributed by atoms with Crippen molar-refractivity contribution in [3.05, 3.63) is 22.7 Å². The molecule has 0 spiro atoms. The van der Waals surface area contributed by atoms with E-state index < -0.39 is 12.0 Å². The number of rotatable bonds is 17. The topological polar surface area (TPSA) is 119 Å². The van der Waals surface area contributed by atoms with Gasteiger partial charge in [-0.25, -0.2) is 4.79 Å². The Balaban J connectivity index is 2.23. The van der Waals surface area contributed by atoms with E-state index in [0.29, 0.717) is 36.2 Å². The molecule has 0 saturated carbocycles. The average Bonchev–Trinajstić information content (AvgIpc) is 2.79. The van der Waals surface area contributed by atoms with E-state index >= 15 is 0 Å². The first-order valence-electron chi connectivity index (χ1n) is 11.4. The van der Waals surface area contributed by atoms with Crippen LogP contribution >= 0.6 is 11.8 Å². The molecule has 1 aliphatic carbocycles. The van der Waals surface area contributed by atoms with Crippen LogP contribution in [0.3, 0.4) is 0 Å². The summed E-state index contributed by atoms with van der Waals surface area (Å²) in [5, 5.41) is 11.8. The summed E-state index contributed by atoms with van der Waals surface area (Å²) >= 11 is 1.56. The fraction of sp³-hybridized carbons (Fsp3) is 0.667. The molecule has 2 N–H and O–H groups in total. The molecule has 0 aliphatic heterocycles. The molecule has 0 saturated heterocycles. The maximum absolute atomic E-state index is 12.6. The van der Waals surface area contributed by atoms with Gasteiger partial charge in [-0.15, -0.1) is 0 Å². The van der Waals surface area contributed by atoms with E-state index in [1.54, 1.807) is 18.7 Å². The number of methoxy groups -OCH3 is 2. The van der Waals surface area contributed by atoms with Gasteiger partial charge in [-0.3, -0.25) is 14.4 Å². The number of carbonyl (C=O) groups is 4. The van der Waals surface area contributed by atoms with Crippen molar-refractivity contribution in [3.63, 3.8) is 0 Å². The number of carbonyl (C=O) groups excluding carboxylic acids is 3. The maximum atomic E-state index is 12.6. The van der Waals surface area contributed by atoms with E-state index in [1.807, 2.05) is 6.26 Å². The Morgan fingerprint density at radius 2 is 1.48 bits per heavy atom. The summed E-state index contributed by atoms with van der Waals surface area (Å²) in [4.78, 5) is 48.1. The average molecular weight is 484 g/mol. The lowest BCUT2D eigenvalue weighted by atomic mass is 9.89. The third-order valence-electron chi connectivity index (χ3n) is 5.67. The van der Waals surface area contributed by atoms with E-state index in [9.17, 15) is 19.2 Å². The first-order chi connectivity index (χ1) is 15.8. The van der Waals surface area contributed by atoms with Crippen molar-refractivity contribution >= 4 is 35.2 Å². The molecule has 0 unspecified atom stereocenters. The molecule has 0 aromatic rings. The molecule has 0 heterocycles. The lowest BCUT2D eigenvalue weighted by Crippen LogP contribution is -2.41. The molecule has 1 amide bonds. The molecule has 1 aliphatic rings. The first kappa shape index (κ1) is 28.7. The van der Waals surface area contributed by atoms with E-state index in [-0.39, 0.29) is 29.0 Å². The second-order valence-corrected chi connectivity index (χ2v) is 9.03. The number of ketones is 2. The number of thioether (sulfide) groups is 1. The predicted octanol–water partition coefficient (Wildman–Crippen LogP) is 3.79. The minimum Gasteiger partial charge on any atom is -0.489 e. The summed E-state index contributed by atoms with van der Waals surface area (Å²) in [6.45, 7) is 1.65. The summed E-state index contributed by atoms with van der Waals surface area (Å²) < 4.78 is 10.1. The van der Waals surface area contributed by atoms with Crippen molar-refractivity contribution in [2.75, 3.05) is 26.2 Å². The van der Waals surface area contributed by atoms with Crippen LogP contribution in [0, 0.1) is 0 Å². The fourth-order valence-electron chi connectivity index (χ4n) is 3.72. The van der Waals surface area contributed by atoms with Crippen molar-refractivity contribution in [1.82, 2.24) is 5.32 Å². The number of aliphatic carboxylic acids is 1. The number of hydrogen-bond donors (Lipinski definition) is 2. The van der Waals surface area contributed by atoms with E-state index in [0.717, 1.165) is 44.9 Å². The van der Waals surface area contributed by atoms with Gasteiger partial charge in [0.25, 0.3) is 0 Å². The highest BCUT2D eigenvalue weighted by molar-refractivity contribution is 7.98. The summed E-state index contributed by atoms with van der Waals surface area (Å²) in [6.07, 6.45) is 9.62. The van der Waals surface area contributed by atoms with Gasteiger partial charge in [0, 0.05) is 17.6 Å². The molecule has 0 aromatic heterocycles. The van der Waals surface area contributed by atoms with E-state index in [2.05, 4.69) is 5.32 Å². The van der Waals surface area contributed by atoms with Gasteiger partial charge in [0.05, 0.1) is 14.2 Å². The largest absolute Gasteiger partial charge is 0.489 e. The SMILES string of the molecule is COC1=C(OC)C(=O)C(CCCCCCCCCC(=O)N[C@@H](CCSC)C(=O)O)=C(C)C1=O. The summed E-state index contributed by atoms with van der Waals surface area (Å²) in [7, 11) is 2.71. The number of ether oxygens (including phenoxy) is 2. The fourth-order valence-corrected chi connectivity index (χ4v) is 4.19. The molecular formula is C24H37NO7S. The third-order valence-corrected chi connectivity index (χ3v) is 6.31. The van der Waals surface area contributed by atoms with Crippen molar-refractivity contribution in [2.45, 2.75) is 77.2 Å². The Bertz CT molecular complexity index is 773. The van der Waals surface area contributed by atoms with Crippen LogP contribution < -0.4 is 5.32 Å². The number of nitrogens with one attached hydrogen (secondary N) is 1. The monoisotopic (exact) mass is 483 g/mol. The zero-order chi connectivity index (χ0) is 24.8. The van der Waals surface area contributed by atoms with Gasteiger partial charge in [0.2, 0.25) is 29.0 Å². The lowest BCUT2D eigenvalue weighted by molar-refractivity contribution is -0.141. The highest BCUT2D eigenvalue weighted by Crippen LogP contribution is 2.28. The van der Waals surface area contributed by atoms with E-state index in [1.165, 1.54) is 14.2 Å². The molecule has 0 aromatic carbocycles. The minimum atomic E-state index is -0.990. The summed E-state index contributed by atoms with van der Waals surface area (Å²) in [5.41, 5.74) is 0.926. The van der Waals surface area contributed by atoms with Crippen molar-refractivity contribution < 1.29 is 33.8 Å². The number of allylic oxidation sites excluding steroid dienone is 2. The maximum Gasteiger partial charge on any atom is 0.326 e. The van der Waals surface area contributed by atoms with Crippen LogP contribution in [0.5, 0.6) is 0 Å². The van der Waals surface area contributed by atoms with Gasteiger partial charge < -0.3 is 19.9 Å². The molecule has 9 heteroatoms. The molecule has 0 bridgehead atoms. The Morgan fingerprint density at radius 1 is 0.939 bits per heavy atom. The van der Waals surface area contributed by atoms with Gasteiger partial charge in [0.15, 0.2) is 0 Å². The molecule has 1 atom stereocenters. The van der Waals surface area contributed by atoms with Gasteiger partial charge in [-0.2, -0.15) is 11.8 Å². The molecule has 186 valence electrons. The number of Topliss-reactive ketones (excluding diaryl/α,β-unsaturated/α-hetero) is 2.